The fourth-order valence-corrected chi connectivity index (χ4v) is 3.37. The highest BCUT2D eigenvalue weighted by Crippen LogP contribution is 2.26. The summed E-state index contributed by atoms with van der Waals surface area (Å²) in [5.41, 5.74) is 1.52. The first-order valence-corrected chi connectivity index (χ1v) is 9.76. The van der Waals surface area contributed by atoms with Crippen LogP contribution >= 0.6 is 15.9 Å². The second kappa shape index (κ2) is 6.99. The lowest BCUT2D eigenvalue weighted by atomic mass is 10.1. The summed E-state index contributed by atoms with van der Waals surface area (Å²) in [6.45, 7) is 0.395. The van der Waals surface area contributed by atoms with Crippen LogP contribution in [-0.4, -0.2) is 20.9 Å². The number of rotatable bonds is 5. The third-order valence-corrected chi connectivity index (χ3v) is 5.22. The highest BCUT2D eigenvalue weighted by atomic mass is 79.9. The SMILES string of the molecule is NS(=O)(=O)c1ccc(CCNC(=O)c2cc3cccc(Br)c3o2)cc1. The minimum atomic E-state index is -3.69. The van der Waals surface area contributed by atoms with E-state index in [9.17, 15) is 13.2 Å². The Kier molecular flexibility index (Phi) is 4.94. The molecule has 1 aromatic heterocycles. The van der Waals surface area contributed by atoms with Crippen molar-refractivity contribution in [1.82, 2.24) is 5.32 Å². The number of hydrogen-bond donors (Lipinski definition) is 2. The van der Waals surface area contributed by atoms with E-state index in [-0.39, 0.29) is 16.6 Å². The first kappa shape index (κ1) is 17.7. The predicted molar refractivity (Wildman–Crippen MR) is 97.8 cm³/mol. The van der Waals surface area contributed by atoms with Gasteiger partial charge in [0.15, 0.2) is 5.76 Å². The average molecular weight is 423 g/mol. The number of fused-ring (bicyclic) bond motifs is 1. The van der Waals surface area contributed by atoms with Gasteiger partial charge in [-0.25, -0.2) is 13.6 Å². The quantitative estimate of drug-likeness (QED) is 0.659. The molecule has 0 bridgehead atoms. The van der Waals surface area contributed by atoms with Gasteiger partial charge in [0.2, 0.25) is 10.0 Å². The smallest absolute Gasteiger partial charge is 0.287 e. The molecule has 3 rings (SSSR count). The molecule has 6 nitrogen and oxygen atoms in total. The average Bonchev–Trinajstić information content (AvgIpc) is 3.00. The van der Waals surface area contributed by atoms with E-state index in [0.717, 1.165) is 15.4 Å². The summed E-state index contributed by atoms with van der Waals surface area (Å²) in [6.07, 6.45) is 0.556. The van der Waals surface area contributed by atoms with Crippen LogP contribution in [0.2, 0.25) is 0 Å². The van der Waals surface area contributed by atoms with Gasteiger partial charge in [0.25, 0.3) is 5.91 Å². The molecule has 0 saturated carbocycles. The van der Waals surface area contributed by atoms with Crippen LogP contribution in [0, 0.1) is 0 Å². The van der Waals surface area contributed by atoms with E-state index in [1.54, 1.807) is 18.2 Å². The van der Waals surface area contributed by atoms with E-state index in [1.165, 1.54) is 12.1 Å². The first-order chi connectivity index (χ1) is 11.8. The lowest BCUT2D eigenvalue weighted by Gasteiger charge is -2.04. The van der Waals surface area contributed by atoms with Gasteiger partial charge in [-0.05, 0) is 52.2 Å². The molecular weight excluding hydrogens is 408 g/mol. The van der Waals surface area contributed by atoms with E-state index in [0.29, 0.717) is 18.5 Å². The molecule has 0 aliphatic carbocycles. The van der Waals surface area contributed by atoms with Gasteiger partial charge in [0, 0.05) is 11.9 Å². The van der Waals surface area contributed by atoms with Crippen LogP contribution < -0.4 is 10.5 Å². The third kappa shape index (κ3) is 4.09. The van der Waals surface area contributed by atoms with Gasteiger partial charge in [0.1, 0.15) is 5.58 Å². The van der Waals surface area contributed by atoms with Crippen LogP contribution in [0.25, 0.3) is 11.0 Å². The Bertz CT molecular complexity index is 1030. The number of para-hydroxylation sites is 1. The van der Waals surface area contributed by atoms with Gasteiger partial charge in [-0.15, -0.1) is 0 Å². The summed E-state index contributed by atoms with van der Waals surface area (Å²) in [7, 11) is -3.69. The van der Waals surface area contributed by atoms with Crippen LogP contribution in [0.3, 0.4) is 0 Å². The zero-order chi connectivity index (χ0) is 18.0. The Hall–Kier alpha value is -2.16. The Morgan fingerprint density at radius 1 is 1.16 bits per heavy atom. The molecule has 0 aliphatic heterocycles. The molecule has 0 fully saturated rings. The molecule has 0 aliphatic rings. The monoisotopic (exact) mass is 422 g/mol. The topological polar surface area (TPSA) is 102 Å². The summed E-state index contributed by atoms with van der Waals surface area (Å²) < 4.78 is 28.8. The molecule has 2 aromatic carbocycles. The largest absolute Gasteiger partial charge is 0.450 e. The summed E-state index contributed by atoms with van der Waals surface area (Å²) in [6, 6.07) is 13.5. The Morgan fingerprint density at radius 2 is 1.88 bits per heavy atom. The van der Waals surface area contributed by atoms with E-state index < -0.39 is 10.0 Å². The van der Waals surface area contributed by atoms with E-state index in [1.807, 2.05) is 18.2 Å². The van der Waals surface area contributed by atoms with Crippen molar-refractivity contribution < 1.29 is 17.6 Å². The molecule has 130 valence electrons. The molecule has 1 amide bonds. The molecule has 3 aromatic rings. The van der Waals surface area contributed by atoms with Crippen LogP contribution in [-0.2, 0) is 16.4 Å². The van der Waals surface area contributed by atoms with Crippen molar-refractivity contribution in [3.8, 4) is 0 Å². The Morgan fingerprint density at radius 3 is 2.52 bits per heavy atom. The van der Waals surface area contributed by atoms with Crippen molar-refractivity contribution in [2.45, 2.75) is 11.3 Å². The van der Waals surface area contributed by atoms with Crippen molar-refractivity contribution in [3.63, 3.8) is 0 Å². The van der Waals surface area contributed by atoms with Crippen LogP contribution in [0.15, 0.2) is 62.3 Å². The summed E-state index contributed by atoms with van der Waals surface area (Å²) in [5.74, 6) is -0.0595. The third-order valence-electron chi connectivity index (χ3n) is 3.67. The maximum atomic E-state index is 12.2. The van der Waals surface area contributed by atoms with Gasteiger partial charge in [-0.3, -0.25) is 4.79 Å². The van der Waals surface area contributed by atoms with Gasteiger partial charge < -0.3 is 9.73 Å². The van der Waals surface area contributed by atoms with Crippen molar-refractivity contribution in [2.24, 2.45) is 5.14 Å². The maximum absolute atomic E-state index is 12.2. The molecule has 0 saturated heterocycles. The minimum Gasteiger partial charge on any atom is -0.450 e. The molecule has 1 heterocycles. The van der Waals surface area contributed by atoms with Gasteiger partial charge in [-0.1, -0.05) is 24.3 Å². The van der Waals surface area contributed by atoms with Crippen LogP contribution in [0.5, 0.6) is 0 Å². The molecule has 3 N–H and O–H groups in total. The first-order valence-electron chi connectivity index (χ1n) is 7.42. The number of sulfonamides is 1. The number of carbonyl (C=O) groups excluding carboxylic acids is 1. The van der Waals surface area contributed by atoms with Crippen molar-refractivity contribution in [3.05, 3.63) is 64.3 Å². The van der Waals surface area contributed by atoms with Gasteiger partial charge in [0.05, 0.1) is 9.37 Å². The molecule has 0 unspecified atom stereocenters. The molecule has 8 heteroatoms. The molecule has 0 spiro atoms. The normalized spacial score (nSPS) is 11.6. The number of benzene rings is 2. The Balaban J connectivity index is 1.61. The number of nitrogens with one attached hydrogen (secondary N) is 1. The molecular formula is C17H15BrN2O4S. The standard InChI is InChI=1S/C17H15BrN2O4S/c18-14-3-1-2-12-10-15(24-16(12)14)17(21)20-9-8-11-4-6-13(7-5-11)25(19,22)23/h1-7,10H,8-9H2,(H,20,21)(H2,19,22,23). The second-order valence-electron chi connectivity index (χ2n) is 5.46. The van der Waals surface area contributed by atoms with Crippen LogP contribution in [0.1, 0.15) is 16.1 Å². The summed E-state index contributed by atoms with van der Waals surface area (Å²) >= 11 is 3.39. The summed E-state index contributed by atoms with van der Waals surface area (Å²) in [5, 5.41) is 8.68. The van der Waals surface area contributed by atoms with Gasteiger partial charge >= 0.3 is 0 Å². The Labute approximate surface area is 153 Å². The van der Waals surface area contributed by atoms with E-state index in [2.05, 4.69) is 21.2 Å². The van der Waals surface area contributed by atoms with E-state index in [4.69, 9.17) is 9.56 Å². The van der Waals surface area contributed by atoms with Crippen LogP contribution in [0.4, 0.5) is 0 Å². The fourth-order valence-electron chi connectivity index (χ4n) is 2.39. The number of carbonyl (C=O) groups is 1. The highest BCUT2D eigenvalue weighted by Gasteiger charge is 2.13. The number of amides is 1. The number of hydrogen-bond acceptors (Lipinski definition) is 4. The zero-order valence-electron chi connectivity index (χ0n) is 13.0. The lowest BCUT2D eigenvalue weighted by molar-refractivity contribution is 0.0928. The number of halogens is 1. The number of nitrogens with two attached hydrogens (primary N) is 1. The lowest BCUT2D eigenvalue weighted by Crippen LogP contribution is -2.25. The minimum absolute atomic E-state index is 0.0631. The van der Waals surface area contributed by atoms with Crippen molar-refractivity contribution >= 4 is 42.8 Å². The summed E-state index contributed by atoms with van der Waals surface area (Å²) in [4.78, 5) is 12.2. The van der Waals surface area contributed by atoms with Gasteiger partial charge in [-0.2, -0.15) is 0 Å². The zero-order valence-corrected chi connectivity index (χ0v) is 15.4. The number of furan rings is 1. The molecule has 25 heavy (non-hydrogen) atoms. The molecule has 0 radical (unpaired) electrons. The van der Waals surface area contributed by atoms with Crippen molar-refractivity contribution in [2.75, 3.05) is 6.54 Å². The maximum Gasteiger partial charge on any atom is 0.287 e. The fraction of sp³-hybridized carbons (Fsp3) is 0.118. The highest BCUT2D eigenvalue weighted by molar-refractivity contribution is 9.10. The molecule has 0 atom stereocenters. The number of primary sulfonamides is 1. The predicted octanol–water partition coefficient (Wildman–Crippen LogP) is 2.82. The second-order valence-corrected chi connectivity index (χ2v) is 7.88. The van der Waals surface area contributed by atoms with E-state index >= 15 is 0 Å². The van der Waals surface area contributed by atoms with Crippen molar-refractivity contribution in [1.29, 1.82) is 0 Å².